The highest BCUT2D eigenvalue weighted by Gasteiger charge is 2.34. The second-order valence-corrected chi connectivity index (χ2v) is 8.25. The van der Waals surface area contributed by atoms with Crippen LogP contribution in [0.4, 0.5) is 0 Å². The molecule has 0 aliphatic carbocycles. The third kappa shape index (κ3) is 2.92. The zero-order valence-corrected chi connectivity index (χ0v) is 17.3. The quantitative estimate of drug-likeness (QED) is 0.774. The SMILES string of the molecule is CC1=NN2C(=N)/C(=C/c3cc(C)n(-c4cc(C)ccc4C)c3C)C(=O)N=C2S1. The molecule has 142 valence electrons. The predicted octanol–water partition coefficient (Wildman–Crippen LogP) is 4.35. The van der Waals surface area contributed by atoms with Gasteiger partial charge in [-0.2, -0.15) is 15.1 Å². The van der Waals surface area contributed by atoms with E-state index in [0.29, 0.717) is 5.17 Å². The molecule has 0 saturated heterocycles. The molecule has 0 fully saturated rings. The molecule has 1 amide bonds. The summed E-state index contributed by atoms with van der Waals surface area (Å²) < 4.78 is 2.19. The lowest BCUT2D eigenvalue weighted by Gasteiger charge is -2.20. The topological polar surface area (TPSA) is 73.8 Å². The van der Waals surface area contributed by atoms with E-state index in [1.165, 1.54) is 27.9 Å². The molecule has 4 rings (SSSR count). The first-order valence-corrected chi connectivity index (χ1v) is 9.81. The van der Waals surface area contributed by atoms with Crippen LogP contribution in [0, 0.1) is 33.1 Å². The van der Waals surface area contributed by atoms with E-state index < -0.39 is 5.91 Å². The number of carbonyl (C=O) groups excluding carboxylic acids is 1. The lowest BCUT2D eigenvalue weighted by molar-refractivity contribution is -0.114. The standard InChI is InChI=1S/C21H21N5OS/c1-11-6-7-12(2)18(8-11)25-13(3)9-16(14(25)4)10-17-19(22)26-21(23-20(17)27)28-15(5)24-26/h6-10,22H,1-5H3/b17-10-,22-19?. The van der Waals surface area contributed by atoms with Crippen molar-refractivity contribution >= 4 is 39.8 Å². The minimum absolute atomic E-state index is 0.0656. The number of fused-ring (bicyclic) bond motifs is 1. The lowest BCUT2D eigenvalue weighted by Crippen LogP contribution is -2.35. The highest BCUT2D eigenvalue weighted by molar-refractivity contribution is 8.26. The number of carbonyl (C=O) groups is 1. The van der Waals surface area contributed by atoms with Crippen LogP contribution in [0.15, 0.2) is 39.9 Å². The minimum atomic E-state index is -0.398. The van der Waals surface area contributed by atoms with Gasteiger partial charge in [0.05, 0.1) is 10.6 Å². The van der Waals surface area contributed by atoms with E-state index in [0.717, 1.165) is 27.7 Å². The fourth-order valence-corrected chi connectivity index (χ4v) is 4.24. The average molecular weight is 392 g/mol. The summed E-state index contributed by atoms with van der Waals surface area (Å²) in [6, 6.07) is 8.42. The van der Waals surface area contributed by atoms with Gasteiger partial charge in [0.2, 0.25) is 5.17 Å². The van der Waals surface area contributed by atoms with E-state index in [2.05, 4.69) is 46.7 Å². The maximum atomic E-state index is 12.5. The lowest BCUT2D eigenvalue weighted by atomic mass is 10.1. The van der Waals surface area contributed by atoms with E-state index in [-0.39, 0.29) is 11.4 Å². The summed E-state index contributed by atoms with van der Waals surface area (Å²) in [4.78, 5) is 16.6. The van der Waals surface area contributed by atoms with E-state index in [4.69, 9.17) is 5.41 Å². The molecule has 6 nitrogen and oxygen atoms in total. The van der Waals surface area contributed by atoms with E-state index >= 15 is 0 Å². The van der Waals surface area contributed by atoms with Crippen molar-refractivity contribution in [3.8, 4) is 5.69 Å². The summed E-state index contributed by atoms with van der Waals surface area (Å²) in [6.45, 7) is 10.1. The highest BCUT2D eigenvalue weighted by atomic mass is 32.2. The molecule has 2 aliphatic heterocycles. The van der Waals surface area contributed by atoms with Crippen LogP contribution in [0.5, 0.6) is 0 Å². The Morgan fingerprint density at radius 3 is 2.61 bits per heavy atom. The van der Waals surface area contributed by atoms with Gasteiger partial charge in [0.1, 0.15) is 0 Å². The Kier molecular flexibility index (Phi) is 4.34. The van der Waals surface area contributed by atoms with Gasteiger partial charge in [0.15, 0.2) is 5.84 Å². The smallest absolute Gasteiger partial charge is 0.283 e. The molecule has 2 aliphatic rings. The van der Waals surface area contributed by atoms with Gasteiger partial charge in [-0.1, -0.05) is 12.1 Å². The van der Waals surface area contributed by atoms with Crippen LogP contribution in [0.25, 0.3) is 11.8 Å². The van der Waals surface area contributed by atoms with E-state index in [1.54, 1.807) is 6.08 Å². The molecule has 1 aromatic carbocycles. The zero-order valence-electron chi connectivity index (χ0n) is 16.5. The molecule has 1 aromatic heterocycles. The summed E-state index contributed by atoms with van der Waals surface area (Å²) >= 11 is 1.31. The number of nitrogens with zero attached hydrogens (tertiary/aromatic N) is 4. The molecule has 0 bridgehead atoms. The van der Waals surface area contributed by atoms with Crippen molar-refractivity contribution in [2.45, 2.75) is 34.6 Å². The number of aryl methyl sites for hydroxylation is 3. The number of nitrogens with one attached hydrogen (secondary N) is 1. The molecule has 0 radical (unpaired) electrons. The number of hydrogen-bond acceptors (Lipinski definition) is 4. The molecule has 3 heterocycles. The van der Waals surface area contributed by atoms with Crippen LogP contribution < -0.4 is 0 Å². The van der Waals surface area contributed by atoms with Gasteiger partial charge in [0, 0.05) is 17.1 Å². The van der Waals surface area contributed by atoms with Crippen molar-refractivity contribution in [3.05, 3.63) is 57.9 Å². The maximum absolute atomic E-state index is 12.5. The zero-order chi connectivity index (χ0) is 20.2. The van der Waals surface area contributed by atoms with Gasteiger partial charge < -0.3 is 4.57 Å². The normalized spacial score (nSPS) is 17.9. The van der Waals surface area contributed by atoms with Crippen molar-refractivity contribution in [3.63, 3.8) is 0 Å². The third-order valence-electron chi connectivity index (χ3n) is 4.93. The first kappa shape index (κ1) is 18.4. The number of hydrogen-bond donors (Lipinski definition) is 1. The largest absolute Gasteiger partial charge is 0.318 e. The fraction of sp³-hybridized carbons (Fsp3) is 0.238. The first-order chi connectivity index (χ1) is 13.3. The number of aromatic nitrogens is 1. The Morgan fingerprint density at radius 2 is 1.86 bits per heavy atom. The molecule has 0 unspecified atom stereocenters. The molecular weight excluding hydrogens is 370 g/mol. The predicted molar refractivity (Wildman–Crippen MR) is 115 cm³/mol. The summed E-state index contributed by atoms with van der Waals surface area (Å²) in [5.41, 5.74) is 6.75. The second kappa shape index (κ2) is 6.60. The molecular formula is C21H21N5OS. The maximum Gasteiger partial charge on any atom is 0.283 e. The molecule has 0 spiro atoms. The molecule has 0 saturated carbocycles. The van der Waals surface area contributed by atoms with Gasteiger partial charge in [-0.05, 0) is 81.3 Å². The minimum Gasteiger partial charge on any atom is -0.318 e. The highest BCUT2D eigenvalue weighted by Crippen LogP contribution is 2.30. The van der Waals surface area contributed by atoms with Crippen LogP contribution in [-0.4, -0.2) is 31.5 Å². The van der Waals surface area contributed by atoms with Gasteiger partial charge >= 0.3 is 0 Å². The number of rotatable bonds is 2. The number of amides is 1. The van der Waals surface area contributed by atoms with Crippen LogP contribution in [0.2, 0.25) is 0 Å². The Labute approximate surface area is 168 Å². The van der Waals surface area contributed by atoms with Crippen LogP contribution >= 0.6 is 11.8 Å². The molecule has 28 heavy (non-hydrogen) atoms. The monoisotopic (exact) mass is 391 g/mol. The average Bonchev–Trinajstić information content (AvgIpc) is 3.13. The number of aliphatic imine (C=N–C) groups is 1. The van der Waals surface area contributed by atoms with Crippen molar-refractivity contribution in [2.24, 2.45) is 10.1 Å². The molecule has 2 aromatic rings. The van der Waals surface area contributed by atoms with Crippen LogP contribution in [-0.2, 0) is 4.79 Å². The second-order valence-electron chi connectivity index (χ2n) is 7.09. The van der Waals surface area contributed by atoms with Gasteiger partial charge in [-0.25, -0.2) is 0 Å². The molecule has 0 atom stereocenters. The van der Waals surface area contributed by atoms with Crippen LogP contribution in [0.1, 0.15) is 35.0 Å². The Hall–Kier alpha value is -2.93. The van der Waals surface area contributed by atoms with Crippen molar-refractivity contribution < 1.29 is 4.79 Å². The molecule has 1 N–H and O–H groups in total. The number of amidine groups is 2. The Bertz CT molecular complexity index is 1140. The first-order valence-electron chi connectivity index (χ1n) is 8.99. The summed E-state index contributed by atoms with van der Waals surface area (Å²) in [5.74, 6) is -0.332. The van der Waals surface area contributed by atoms with Crippen LogP contribution in [0.3, 0.4) is 0 Å². The number of hydrazone groups is 1. The Morgan fingerprint density at radius 1 is 1.11 bits per heavy atom. The Balaban J connectivity index is 1.81. The van der Waals surface area contributed by atoms with Gasteiger partial charge in [-0.15, -0.1) is 0 Å². The third-order valence-corrected chi connectivity index (χ3v) is 5.76. The fourth-order valence-electron chi connectivity index (χ4n) is 3.51. The summed E-state index contributed by atoms with van der Waals surface area (Å²) in [5, 5.41) is 15.4. The summed E-state index contributed by atoms with van der Waals surface area (Å²) in [6.07, 6.45) is 1.75. The number of thioether (sulfide) groups is 1. The molecule has 7 heteroatoms. The van der Waals surface area contributed by atoms with Crippen molar-refractivity contribution in [2.75, 3.05) is 0 Å². The summed E-state index contributed by atoms with van der Waals surface area (Å²) in [7, 11) is 0. The number of benzene rings is 1. The van der Waals surface area contributed by atoms with E-state index in [9.17, 15) is 4.79 Å². The van der Waals surface area contributed by atoms with Crippen molar-refractivity contribution in [1.29, 1.82) is 5.41 Å². The van der Waals surface area contributed by atoms with E-state index in [1.807, 2.05) is 26.8 Å². The van der Waals surface area contributed by atoms with Gasteiger partial charge in [0.25, 0.3) is 5.91 Å². The van der Waals surface area contributed by atoms with Crippen molar-refractivity contribution in [1.82, 2.24) is 9.58 Å². The van der Waals surface area contributed by atoms with Gasteiger partial charge in [-0.3, -0.25) is 10.2 Å².